The fourth-order valence-electron chi connectivity index (χ4n) is 2.70. The van der Waals surface area contributed by atoms with E-state index in [-0.39, 0.29) is 49.4 Å². The quantitative estimate of drug-likeness (QED) is 0.611. The number of amides is 1. The van der Waals surface area contributed by atoms with E-state index in [4.69, 9.17) is 9.47 Å². The maximum Gasteiger partial charge on any atom is 0.302 e. The summed E-state index contributed by atoms with van der Waals surface area (Å²) in [7, 11) is 0. The molecule has 1 aromatic carbocycles. The number of hydrogen-bond acceptors (Lipinski definition) is 5. The number of carbonyl (C=O) groups is 3. The molecule has 1 rings (SSSR count). The highest BCUT2D eigenvalue weighted by atomic mass is 16.5. The van der Waals surface area contributed by atoms with Gasteiger partial charge in [0.25, 0.3) is 0 Å². The summed E-state index contributed by atoms with van der Waals surface area (Å²) in [4.78, 5) is 34.5. The zero-order chi connectivity index (χ0) is 19.4. The van der Waals surface area contributed by atoms with Crippen molar-refractivity contribution in [1.82, 2.24) is 5.32 Å². The highest BCUT2D eigenvalue weighted by Gasteiger charge is 2.19. The van der Waals surface area contributed by atoms with Crippen molar-refractivity contribution >= 4 is 17.8 Å². The van der Waals surface area contributed by atoms with Crippen LogP contribution in [0.15, 0.2) is 30.3 Å². The van der Waals surface area contributed by atoms with Gasteiger partial charge in [-0.1, -0.05) is 43.7 Å². The van der Waals surface area contributed by atoms with Crippen molar-refractivity contribution in [2.24, 2.45) is 5.92 Å². The Kier molecular flexibility index (Phi) is 10.1. The van der Waals surface area contributed by atoms with Crippen LogP contribution in [-0.2, 0) is 30.3 Å². The molecule has 0 unspecified atom stereocenters. The molecule has 1 N–H and O–H groups in total. The molecule has 144 valence electrons. The average molecular weight is 363 g/mol. The molecule has 0 aromatic heterocycles. The molecule has 0 aliphatic heterocycles. The van der Waals surface area contributed by atoms with Crippen LogP contribution in [0.3, 0.4) is 0 Å². The van der Waals surface area contributed by atoms with Gasteiger partial charge in [0, 0.05) is 26.2 Å². The first-order valence-electron chi connectivity index (χ1n) is 9.00. The van der Waals surface area contributed by atoms with Crippen LogP contribution in [-0.4, -0.2) is 37.1 Å². The Bertz CT molecular complexity index is 573. The lowest BCUT2D eigenvalue weighted by Crippen LogP contribution is -2.41. The molecule has 6 nitrogen and oxygen atoms in total. The van der Waals surface area contributed by atoms with Crippen molar-refractivity contribution < 1.29 is 23.9 Å². The predicted octanol–water partition coefficient (Wildman–Crippen LogP) is 2.65. The second-order valence-electron chi connectivity index (χ2n) is 6.42. The Hall–Kier alpha value is -2.37. The summed E-state index contributed by atoms with van der Waals surface area (Å²) in [6.45, 7) is 5.09. The van der Waals surface area contributed by atoms with E-state index < -0.39 is 0 Å². The standard InChI is InChI=1S/C20H29NO5/c1-4-8-18(13-25-15(2)22)12-20(24)21-19(14-26-16(3)23)11-17-9-6-5-7-10-17/h5-7,9-10,18-19H,4,8,11-14H2,1-3H3,(H,21,24)/t18-,19-/m1/s1. The van der Waals surface area contributed by atoms with Crippen molar-refractivity contribution in [2.75, 3.05) is 13.2 Å². The predicted molar refractivity (Wildman–Crippen MR) is 98.4 cm³/mol. The van der Waals surface area contributed by atoms with E-state index in [9.17, 15) is 14.4 Å². The fourth-order valence-corrected chi connectivity index (χ4v) is 2.70. The number of rotatable bonds is 11. The van der Waals surface area contributed by atoms with Gasteiger partial charge in [-0.05, 0) is 18.4 Å². The maximum atomic E-state index is 12.4. The molecule has 0 radical (unpaired) electrons. The van der Waals surface area contributed by atoms with Crippen molar-refractivity contribution in [3.8, 4) is 0 Å². The van der Waals surface area contributed by atoms with Gasteiger partial charge in [0.15, 0.2) is 0 Å². The minimum atomic E-state index is -0.379. The Morgan fingerprint density at radius 3 is 2.19 bits per heavy atom. The largest absolute Gasteiger partial charge is 0.466 e. The van der Waals surface area contributed by atoms with Gasteiger partial charge in [0.2, 0.25) is 5.91 Å². The van der Waals surface area contributed by atoms with Crippen LogP contribution in [0.1, 0.15) is 45.6 Å². The maximum absolute atomic E-state index is 12.4. The van der Waals surface area contributed by atoms with Crippen LogP contribution < -0.4 is 5.32 Å². The number of esters is 2. The van der Waals surface area contributed by atoms with Crippen molar-refractivity contribution in [1.29, 1.82) is 0 Å². The number of carbonyl (C=O) groups excluding carboxylic acids is 3. The van der Waals surface area contributed by atoms with Gasteiger partial charge in [-0.25, -0.2) is 0 Å². The Labute approximate surface area is 155 Å². The molecule has 1 amide bonds. The molecule has 0 aliphatic carbocycles. The van der Waals surface area contributed by atoms with Gasteiger partial charge >= 0.3 is 11.9 Å². The molecule has 0 bridgehead atoms. The van der Waals surface area contributed by atoms with E-state index in [1.165, 1.54) is 13.8 Å². The molecule has 0 heterocycles. The Morgan fingerprint density at radius 2 is 1.62 bits per heavy atom. The molecule has 0 aliphatic rings. The van der Waals surface area contributed by atoms with E-state index in [0.29, 0.717) is 6.42 Å². The van der Waals surface area contributed by atoms with Crippen LogP contribution in [0.5, 0.6) is 0 Å². The van der Waals surface area contributed by atoms with Crippen LogP contribution in [0.25, 0.3) is 0 Å². The first-order valence-corrected chi connectivity index (χ1v) is 9.00. The zero-order valence-corrected chi connectivity index (χ0v) is 15.8. The molecule has 1 aromatic rings. The van der Waals surface area contributed by atoms with Crippen molar-refractivity contribution in [3.63, 3.8) is 0 Å². The fraction of sp³-hybridized carbons (Fsp3) is 0.550. The minimum Gasteiger partial charge on any atom is -0.466 e. The summed E-state index contributed by atoms with van der Waals surface area (Å²) in [5.74, 6) is -0.877. The van der Waals surface area contributed by atoms with Crippen LogP contribution >= 0.6 is 0 Å². The molecular formula is C20H29NO5. The number of ether oxygens (including phenoxy) is 2. The van der Waals surface area contributed by atoms with E-state index in [2.05, 4.69) is 5.32 Å². The normalized spacial score (nSPS) is 12.7. The van der Waals surface area contributed by atoms with E-state index in [1.54, 1.807) is 0 Å². The molecule has 0 spiro atoms. The van der Waals surface area contributed by atoms with Crippen LogP contribution in [0.2, 0.25) is 0 Å². The molecule has 6 heteroatoms. The van der Waals surface area contributed by atoms with Crippen LogP contribution in [0.4, 0.5) is 0 Å². The first kappa shape index (κ1) is 21.7. The highest BCUT2D eigenvalue weighted by molar-refractivity contribution is 5.76. The Morgan fingerprint density at radius 1 is 1.00 bits per heavy atom. The number of benzene rings is 1. The van der Waals surface area contributed by atoms with Gasteiger partial charge in [-0.3, -0.25) is 14.4 Å². The monoisotopic (exact) mass is 363 g/mol. The topological polar surface area (TPSA) is 81.7 Å². The zero-order valence-electron chi connectivity index (χ0n) is 15.8. The third-order valence-electron chi connectivity index (χ3n) is 3.87. The third kappa shape index (κ3) is 9.81. The van der Waals surface area contributed by atoms with Gasteiger partial charge < -0.3 is 14.8 Å². The van der Waals surface area contributed by atoms with Crippen molar-refractivity contribution in [2.45, 2.75) is 52.5 Å². The lowest BCUT2D eigenvalue weighted by Gasteiger charge is -2.21. The van der Waals surface area contributed by atoms with Crippen LogP contribution in [0, 0.1) is 5.92 Å². The second-order valence-corrected chi connectivity index (χ2v) is 6.42. The molecule has 26 heavy (non-hydrogen) atoms. The number of nitrogens with one attached hydrogen (secondary N) is 1. The van der Waals surface area contributed by atoms with Gasteiger partial charge in [0.05, 0.1) is 12.6 Å². The summed E-state index contributed by atoms with van der Waals surface area (Å²) in [6, 6.07) is 9.41. The molecule has 0 saturated heterocycles. The van der Waals surface area contributed by atoms with E-state index in [1.807, 2.05) is 37.3 Å². The highest BCUT2D eigenvalue weighted by Crippen LogP contribution is 2.13. The molecule has 2 atom stereocenters. The Balaban J connectivity index is 2.63. The first-order chi connectivity index (χ1) is 12.4. The van der Waals surface area contributed by atoms with Gasteiger partial charge in [-0.2, -0.15) is 0 Å². The molecule has 0 saturated carbocycles. The van der Waals surface area contributed by atoms with E-state index >= 15 is 0 Å². The summed E-state index contributed by atoms with van der Waals surface area (Å²) >= 11 is 0. The van der Waals surface area contributed by atoms with Gasteiger partial charge in [0.1, 0.15) is 6.61 Å². The third-order valence-corrected chi connectivity index (χ3v) is 3.87. The second kappa shape index (κ2) is 12.1. The number of hydrogen-bond donors (Lipinski definition) is 1. The average Bonchev–Trinajstić information content (AvgIpc) is 2.58. The lowest BCUT2D eigenvalue weighted by molar-refractivity contribution is -0.143. The lowest BCUT2D eigenvalue weighted by atomic mass is 9.99. The molecule has 0 fully saturated rings. The van der Waals surface area contributed by atoms with Crippen molar-refractivity contribution in [3.05, 3.63) is 35.9 Å². The smallest absolute Gasteiger partial charge is 0.302 e. The van der Waals surface area contributed by atoms with E-state index in [0.717, 1.165) is 18.4 Å². The summed E-state index contributed by atoms with van der Waals surface area (Å²) < 4.78 is 10.1. The summed E-state index contributed by atoms with van der Waals surface area (Å²) in [5.41, 5.74) is 1.05. The summed E-state index contributed by atoms with van der Waals surface area (Å²) in [5, 5.41) is 2.94. The summed E-state index contributed by atoms with van der Waals surface area (Å²) in [6.07, 6.45) is 2.54. The van der Waals surface area contributed by atoms with Gasteiger partial charge in [-0.15, -0.1) is 0 Å². The minimum absolute atomic E-state index is 0.0185. The molecular weight excluding hydrogens is 334 g/mol. The SMILES string of the molecule is CCC[C@@H](COC(C)=O)CC(=O)N[C@@H](COC(C)=O)Cc1ccccc1.